The molecule has 126 valence electrons. The second kappa shape index (κ2) is 9.54. The van der Waals surface area contributed by atoms with Gasteiger partial charge in [0.1, 0.15) is 0 Å². The first-order chi connectivity index (χ1) is 10.6. The maximum Gasteiger partial charge on any atom is 0.188 e. The van der Waals surface area contributed by atoms with Crippen LogP contribution in [0.1, 0.15) is 25.8 Å². The molecule has 0 aliphatic rings. The van der Waals surface area contributed by atoms with Crippen molar-refractivity contribution in [2.75, 3.05) is 6.54 Å². The number of benzene rings is 1. The van der Waals surface area contributed by atoms with E-state index < -0.39 is 0 Å². The van der Waals surface area contributed by atoms with Gasteiger partial charge in [-0.15, -0.1) is 24.0 Å². The molecule has 6 heteroatoms. The van der Waals surface area contributed by atoms with Gasteiger partial charge in [0, 0.05) is 30.9 Å². The Balaban J connectivity index is 0.00000264. The summed E-state index contributed by atoms with van der Waals surface area (Å²) in [6.07, 6.45) is 3.08. The molecular formula is C17H26IN5. The summed E-state index contributed by atoms with van der Waals surface area (Å²) < 4.78 is 1.82. The SMILES string of the molecule is CC(C)CCNC(N)=NCc1cn(C)nc1-c1ccccc1.I. The highest BCUT2D eigenvalue weighted by molar-refractivity contribution is 14.0. The highest BCUT2D eigenvalue weighted by Crippen LogP contribution is 2.22. The Bertz CT molecular complexity index is 619. The molecule has 1 aromatic carbocycles. The molecule has 0 aliphatic carbocycles. The molecule has 2 rings (SSSR count). The molecule has 0 spiro atoms. The highest BCUT2D eigenvalue weighted by Gasteiger charge is 2.09. The molecule has 0 unspecified atom stereocenters. The molecule has 1 aromatic heterocycles. The number of rotatable bonds is 6. The van der Waals surface area contributed by atoms with Crippen molar-refractivity contribution in [2.24, 2.45) is 23.7 Å². The van der Waals surface area contributed by atoms with Crippen LogP contribution in [0.4, 0.5) is 0 Å². The van der Waals surface area contributed by atoms with Crippen LogP contribution in [0.3, 0.4) is 0 Å². The summed E-state index contributed by atoms with van der Waals surface area (Å²) in [6.45, 7) is 5.76. The minimum atomic E-state index is 0. The van der Waals surface area contributed by atoms with Gasteiger partial charge in [-0.1, -0.05) is 44.2 Å². The van der Waals surface area contributed by atoms with Crippen LogP contribution in [0, 0.1) is 5.92 Å². The normalized spacial score (nSPS) is 11.4. The van der Waals surface area contributed by atoms with E-state index in [1.165, 1.54) is 0 Å². The number of nitrogens with one attached hydrogen (secondary N) is 1. The molecular weight excluding hydrogens is 401 g/mol. The molecule has 5 nitrogen and oxygen atoms in total. The van der Waals surface area contributed by atoms with E-state index in [-0.39, 0.29) is 24.0 Å². The summed E-state index contributed by atoms with van der Waals surface area (Å²) in [4.78, 5) is 4.42. The topological polar surface area (TPSA) is 68.2 Å². The molecule has 0 atom stereocenters. The third-order valence-corrected chi connectivity index (χ3v) is 3.40. The van der Waals surface area contributed by atoms with Crippen molar-refractivity contribution in [1.82, 2.24) is 15.1 Å². The van der Waals surface area contributed by atoms with E-state index in [1.807, 2.05) is 36.1 Å². The van der Waals surface area contributed by atoms with Crippen LogP contribution in [0.25, 0.3) is 11.3 Å². The van der Waals surface area contributed by atoms with Gasteiger partial charge < -0.3 is 11.1 Å². The predicted octanol–water partition coefficient (Wildman–Crippen LogP) is 3.16. The fraction of sp³-hybridized carbons (Fsp3) is 0.412. The van der Waals surface area contributed by atoms with Gasteiger partial charge in [-0.3, -0.25) is 4.68 Å². The van der Waals surface area contributed by atoms with Crippen molar-refractivity contribution in [3.8, 4) is 11.3 Å². The number of guanidine groups is 1. The third-order valence-electron chi connectivity index (χ3n) is 3.40. The molecule has 0 aliphatic heterocycles. The maximum absolute atomic E-state index is 5.91. The number of aliphatic imine (C=N–C) groups is 1. The smallest absolute Gasteiger partial charge is 0.188 e. The van der Waals surface area contributed by atoms with Crippen LogP contribution in [0.2, 0.25) is 0 Å². The van der Waals surface area contributed by atoms with E-state index in [2.05, 4.69) is 41.4 Å². The summed E-state index contributed by atoms with van der Waals surface area (Å²) in [7, 11) is 1.92. The van der Waals surface area contributed by atoms with Crippen LogP contribution < -0.4 is 11.1 Å². The zero-order chi connectivity index (χ0) is 15.9. The Morgan fingerprint density at radius 2 is 2.00 bits per heavy atom. The molecule has 0 bridgehead atoms. The molecule has 0 fully saturated rings. The molecule has 23 heavy (non-hydrogen) atoms. The van der Waals surface area contributed by atoms with E-state index in [0.717, 1.165) is 29.8 Å². The number of hydrogen-bond donors (Lipinski definition) is 2. The Hall–Kier alpha value is -1.57. The van der Waals surface area contributed by atoms with Crippen molar-refractivity contribution < 1.29 is 0 Å². The lowest BCUT2D eigenvalue weighted by Gasteiger charge is -2.07. The molecule has 2 aromatic rings. The van der Waals surface area contributed by atoms with Crippen LogP contribution in [-0.4, -0.2) is 22.3 Å². The minimum Gasteiger partial charge on any atom is -0.370 e. The number of nitrogens with zero attached hydrogens (tertiary/aromatic N) is 3. The van der Waals surface area contributed by atoms with Crippen molar-refractivity contribution in [1.29, 1.82) is 0 Å². The zero-order valence-corrected chi connectivity index (χ0v) is 16.3. The standard InChI is InChI=1S/C17H25N5.HI/c1-13(2)9-10-19-17(18)20-11-15-12-22(3)21-16(15)14-7-5-4-6-8-14;/h4-8,12-13H,9-11H2,1-3H3,(H3,18,19,20);1H. The van der Waals surface area contributed by atoms with Crippen molar-refractivity contribution in [2.45, 2.75) is 26.8 Å². The summed E-state index contributed by atoms with van der Waals surface area (Å²) in [5.41, 5.74) is 9.04. The number of nitrogens with two attached hydrogens (primary N) is 1. The fourth-order valence-electron chi connectivity index (χ4n) is 2.21. The van der Waals surface area contributed by atoms with Gasteiger partial charge in [0.2, 0.25) is 0 Å². The van der Waals surface area contributed by atoms with Gasteiger partial charge in [0.25, 0.3) is 0 Å². The average molecular weight is 427 g/mol. The lowest BCUT2D eigenvalue weighted by Crippen LogP contribution is -2.32. The quantitative estimate of drug-likeness (QED) is 0.423. The van der Waals surface area contributed by atoms with Crippen LogP contribution in [0.5, 0.6) is 0 Å². The molecule has 0 radical (unpaired) electrons. The van der Waals surface area contributed by atoms with Gasteiger partial charge >= 0.3 is 0 Å². The van der Waals surface area contributed by atoms with E-state index in [0.29, 0.717) is 18.4 Å². The third kappa shape index (κ3) is 6.21. The van der Waals surface area contributed by atoms with Crippen LogP contribution in [-0.2, 0) is 13.6 Å². The number of aromatic nitrogens is 2. The van der Waals surface area contributed by atoms with Crippen molar-refractivity contribution >= 4 is 29.9 Å². The zero-order valence-electron chi connectivity index (χ0n) is 14.0. The van der Waals surface area contributed by atoms with E-state index >= 15 is 0 Å². The van der Waals surface area contributed by atoms with Crippen molar-refractivity contribution in [3.63, 3.8) is 0 Å². The number of halogens is 1. The first-order valence-electron chi connectivity index (χ1n) is 7.68. The summed E-state index contributed by atoms with van der Waals surface area (Å²) >= 11 is 0. The Morgan fingerprint density at radius 3 is 2.65 bits per heavy atom. The van der Waals surface area contributed by atoms with E-state index in [4.69, 9.17) is 5.73 Å². The average Bonchev–Trinajstić information content (AvgIpc) is 2.87. The van der Waals surface area contributed by atoms with Crippen LogP contribution >= 0.6 is 24.0 Å². The second-order valence-electron chi connectivity index (χ2n) is 5.85. The Kier molecular flexibility index (Phi) is 8.08. The summed E-state index contributed by atoms with van der Waals surface area (Å²) in [6, 6.07) is 10.1. The lowest BCUT2D eigenvalue weighted by molar-refractivity contribution is 0.576. The first-order valence-corrected chi connectivity index (χ1v) is 7.68. The first kappa shape index (κ1) is 19.5. The van der Waals surface area contributed by atoms with E-state index in [9.17, 15) is 0 Å². The molecule has 3 N–H and O–H groups in total. The summed E-state index contributed by atoms with van der Waals surface area (Å²) in [5.74, 6) is 1.15. The van der Waals surface area contributed by atoms with Crippen LogP contribution in [0.15, 0.2) is 41.5 Å². The number of hydrogen-bond acceptors (Lipinski definition) is 2. The molecule has 1 heterocycles. The lowest BCUT2D eigenvalue weighted by atomic mass is 10.1. The van der Waals surface area contributed by atoms with Gasteiger partial charge in [0.05, 0.1) is 12.2 Å². The number of aryl methyl sites for hydroxylation is 1. The minimum absolute atomic E-state index is 0. The van der Waals surface area contributed by atoms with Gasteiger partial charge in [-0.05, 0) is 12.3 Å². The van der Waals surface area contributed by atoms with E-state index in [1.54, 1.807) is 0 Å². The summed E-state index contributed by atoms with van der Waals surface area (Å²) in [5, 5.41) is 7.68. The fourth-order valence-corrected chi connectivity index (χ4v) is 2.21. The Morgan fingerprint density at radius 1 is 1.30 bits per heavy atom. The maximum atomic E-state index is 5.91. The largest absolute Gasteiger partial charge is 0.370 e. The van der Waals surface area contributed by atoms with Gasteiger partial charge in [-0.2, -0.15) is 5.10 Å². The van der Waals surface area contributed by atoms with Gasteiger partial charge in [-0.25, -0.2) is 4.99 Å². The highest BCUT2D eigenvalue weighted by atomic mass is 127. The predicted molar refractivity (Wildman–Crippen MR) is 107 cm³/mol. The monoisotopic (exact) mass is 427 g/mol. The Labute approximate surface area is 155 Å². The van der Waals surface area contributed by atoms with Crippen molar-refractivity contribution in [3.05, 3.63) is 42.1 Å². The second-order valence-corrected chi connectivity index (χ2v) is 5.85. The molecule has 0 saturated carbocycles. The molecule has 0 amide bonds. The molecule has 0 saturated heterocycles. The van der Waals surface area contributed by atoms with Gasteiger partial charge in [0.15, 0.2) is 5.96 Å².